The lowest BCUT2D eigenvalue weighted by Gasteiger charge is -2.11. The first-order valence-corrected chi connectivity index (χ1v) is 5.70. The van der Waals surface area contributed by atoms with Crippen LogP contribution >= 0.6 is 24.2 Å². The Kier molecular flexibility index (Phi) is 5.18. The van der Waals surface area contributed by atoms with Crippen LogP contribution in [0.4, 0.5) is 5.82 Å². The van der Waals surface area contributed by atoms with Crippen LogP contribution in [-0.2, 0) is 20.9 Å². The Bertz CT molecular complexity index is 505. The summed E-state index contributed by atoms with van der Waals surface area (Å²) in [6, 6.07) is 1.53. The van der Waals surface area contributed by atoms with Crippen LogP contribution in [-0.4, -0.2) is 16.9 Å². The number of pyridine rings is 1. The van der Waals surface area contributed by atoms with Crippen molar-refractivity contribution in [2.75, 3.05) is 5.32 Å². The van der Waals surface area contributed by atoms with Gasteiger partial charge in [0.2, 0.25) is 0 Å². The molecule has 1 aromatic rings. The Morgan fingerprint density at radius 2 is 2.28 bits per heavy atom. The van der Waals surface area contributed by atoms with Gasteiger partial charge in [0.1, 0.15) is 12.4 Å². The summed E-state index contributed by atoms with van der Waals surface area (Å²) in [5.74, 6) is -0.744. The van der Waals surface area contributed by atoms with Gasteiger partial charge in [0, 0.05) is 13.1 Å². The second-order valence-corrected chi connectivity index (χ2v) is 4.25. The van der Waals surface area contributed by atoms with E-state index in [9.17, 15) is 9.59 Å². The molecule has 96 valence electrons. The van der Waals surface area contributed by atoms with Gasteiger partial charge < -0.3 is 10.1 Å². The maximum Gasteiger partial charge on any atom is 0.302 e. The second-order valence-electron chi connectivity index (χ2n) is 3.30. The molecule has 0 aromatic carbocycles. The molecule has 18 heavy (non-hydrogen) atoms. The summed E-state index contributed by atoms with van der Waals surface area (Å²) in [6.45, 7) is 4.59. The molecular weight excluding hydrogens is 276 g/mol. The maximum atomic E-state index is 11.4. The number of ether oxygens (including phenoxy) is 1. The van der Waals surface area contributed by atoms with Crippen molar-refractivity contribution in [2.45, 2.75) is 13.5 Å². The summed E-state index contributed by atoms with van der Waals surface area (Å²) in [5, 5.41) is 2.81. The van der Waals surface area contributed by atoms with Gasteiger partial charge >= 0.3 is 5.97 Å². The molecule has 0 aliphatic rings. The number of esters is 1. The van der Waals surface area contributed by atoms with E-state index in [1.807, 2.05) is 0 Å². The number of hydrogen-bond acceptors (Lipinski definition) is 5. The molecule has 0 aliphatic heterocycles. The molecule has 0 spiro atoms. The highest BCUT2D eigenvalue weighted by molar-refractivity contribution is 7.85. The van der Waals surface area contributed by atoms with Gasteiger partial charge in [0.25, 0.3) is 5.91 Å². The number of halogens is 1. The van der Waals surface area contributed by atoms with E-state index in [1.165, 1.54) is 19.2 Å². The van der Waals surface area contributed by atoms with Gasteiger partial charge in [-0.05, 0) is 6.07 Å². The quantitative estimate of drug-likeness (QED) is 0.506. The predicted molar refractivity (Wildman–Crippen MR) is 71.5 cm³/mol. The van der Waals surface area contributed by atoms with Crippen LogP contribution < -0.4 is 5.32 Å². The van der Waals surface area contributed by atoms with Crippen molar-refractivity contribution in [1.82, 2.24) is 4.98 Å². The number of nitrogens with zero attached hydrogens (tertiary/aromatic N) is 1. The Labute approximate surface area is 115 Å². The smallest absolute Gasteiger partial charge is 0.302 e. The third kappa shape index (κ3) is 4.05. The lowest BCUT2D eigenvalue weighted by atomic mass is 10.2. The zero-order valence-electron chi connectivity index (χ0n) is 9.57. The van der Waals surface area contributed by atoms with Crippen molar-refractivity contribution < 1.29 is 14.3 Å². The van der Waals surface area contributed by atoms with E-state index in [0.717, 1.165) is 0 Å². The highest BCUT2D eigenvalue weighted by Crippen LogP contribution is 2.23. The summed E-state index contributed by atoms with van der Waals surface area (Å²) in [6.07, 6.45) is 1.43. The van der Waals surface area contributed by atoms with E-state index < -0.39 is 11.9 Å². The third-order valence-corrected chi connectivity index (χ3v) is 2.47. The zero-order valence-corrected chi connectivity index (χ0v) is 11.2. The SMILES string of the molecule is C=C(S)C(=O)Nc1nccc(Cl)c1COC(C)=O. The number of thiol groups is 1. The molecule has 7 heteroatoms. The average Bonchev–Trinajstić information content (AvgIpc) is 2.27. The fourth-order valence-corrected chi connectivity index (χ4v) is 1.32. The highest BCUT2D eigenvalue weighted by atomic mass is 35.5. The Morgan fingerprint density at radius 1 is 1.61 bits per heavy atom. The van der Waals surface area contributed by atoms with Gasteiger partial charge in [-0.2, -0.15) is 0 Å². The molecular formula is C11H11ClN2O3S. The molecule has 1 aromatic heterocycles. The average molecular weight is 287 g/mol. The molecule has 0 bridgehead atoms. The first-order valence-electron chi connectivity index (χ1n) is 4.87. The number of carbonyl (C=O) groups excluding carboxylic acids is 2. The summed E-state index contributed by atoms with van der Waals surface area (Å²) >= 11 is 9.77. The number of amides is 1. The van der Waals surface area contributed by atoms with Crippen molar-refractivity contribution in [3.8, 4) is 0 Å². The molecule has 0 atom stereocenters. The van der Waals surface area contributed by atoms with E-state index in [2.05, 4.69) is 29.5 Å². The number of carbonyl (C=O) groups is 2. The first kappa shape index (κ1) is 14.5. The van der Waals surface area contributed by atoms with Crippen molar-refractivity contribution >= 4 is 41.9 Å². The number of hydrogen-bond donors (Lipinski definition) is 2. The van der Waals surface area contributed by atoms with Gasteiger partial charge in [0.15, 0.2) is 0 Å². The monoisotopic (exact) mass is 286 g/mol. The van der Waals surface area contributed by atoms with Crippen LogP contribution in [0.5, 0.6) is 0 Å². The molecule has 0 saturated heterocycles. The molecule has 1 N–H and O–H groups in total. The number of aromatic nitrogens is 1. The van der Waals surface area contributed by atoms with Crippen LogP contribution in [0, 0.1) is 0 Å². The van der Waals surface area contributed by atoms with E-state index in [1.54, 1.807) is 0 Å². The summed E-state index contributed by atoms with van der Waals surface area (Å²) in [4.78, 5) is 26.2. The number of anilines is 1. The van der Waals surface area contributed by atoms with Crippen LogP contribution in [0.1, 0.15) is 12.5 Å². The fraction of sp³-hybridized carbons (Fsp3) is 0.182. The molecule has 0 fully saturated rings. The Hall–Kier alpha value is -1.53. The lowest BCUT2D eigenvalue weighted by Crippen LogP contribution is -2.14. The molecule has 0 saturated carbocycles. The summed E-state index contributed by atoms with van der Waals surface area (Å²) < 4.78 is 4.84. The standard InChI is InChI=1S/C11H11ClN2O3S/c1-6(18)11(16)14-10-8(5-17-7(2)15)9(12)3-4-13-10/h3-4,18H,1,5H2,2H3,(H,13,14,16). The van der Waals surface area contributed by atoms with E-state index in [4.69, 9.17) is 16.3 Å². The van der Waals surface area contributed by atoms with E-state index in [0.29, 0.717) is 10.6 Å². The van der Waals surface area contributed by atoms with Crippen LogP contribution in [0.3, 0.4) is 0 Å². The second kappa shape index (κ2) is 6.42. The van der Waals surface area contributed by atoms with Crippen LogP contribution in [0.25, 0.3) is 0 Å². The lowest BCUT2D eigenvalue weighted by molar-refractivity contribution is -0.142. The largest absolute Gasteiger partial charge is 0.461 e. The molecule has 1 amide bonds. The van der Waals surface area contributed by atoms with Gasteiger partial charge in [-0.15, -0.1) is 12.6 Å². The minimum atomic E-state index is -0.503. The molecule has 0 aliphatic carbocycles. The van der Waals surface area contributed by atoms with Crippen molar-refractivity contribution in [3.63, 3.8) is 0 Å². The normalized spacial score (nSPS) is 9.72. The zero-order chi connectivity index (χ0) is 13.7. The van der Waals surface area contributed by atoms with Gasteiger partial charge in [-0.3, -0.25) is 9.59 Å². The van der Waals surface area contributed by atoms with E-state index in [-0.39, 0.29) is 17.3 Å². The number of nitrogens with one attached hydrogen (secondary N) is 1. The fourth-order valence-electron chi connectivity index (χ4n) is 1.07. The Balaban J connectivity index is 2.96. The van der Waals surface area contributed by atoms with Crippen molar-refractivity contribution in [1.29, 1.82) is 0 Å². The van der Waals surface area contributed by atoms with E-state index >= 15 is 0 Å². The van der Waals surface area contributed by atoms with Crippen molar-refractivity contribution in [2.24, 2.45) is 0 Å². The molecule has 1 heterocycles. The first-order chi connectivity index (χ1) is 8.41. The minimum Gasteiger partial charge on any atom is -0.461 e. The molecule has 5 nitrogen and oxygen atoms in total. The van der Waals surface area contributed by atoms with Gasteiger partial charge in [0.05, 0.1) is 15.5 Å². The summed E-state index contributed by atoms with van der Waals surface area (Å²) in [7, 11) is 0. The highest BCUT2D eigenvalue weighted by Gasteiger charge is 2.13. The number of rotatable bonds is 4. The minimum absolute atomic E-state index is 0.0372. The third-order valence-electron chi connectivity index (χ3n) is 1.91. The molecule has 0 unspecified atom stereocenters. The topological polar surface area (TPSA) is 68.3 Å². The summed E-state index contributed by atoms with van der Waals surface area (Å²) in [5.41, 5.74) is 0.414. The van der Waals surface area contributed by atoms with Crippen molar-refractivity contribution in [3.05, 3.63) is 34.3 Å². The maximum absolute atomic E-state index is 11.4. The van der Waals surface area contributed by atoms with Gasteiger partial charge in [-0.25, -0.2) is 4.98 Å². The molecule has 0 radical (unpaired) electrons. The van der Waals surface area contributed by atoms with Crippen LogP contribution in [0.2, 0.25) is 5.02 Å². The Morgan fingerprint density at radius 3 is 2.83 bits per heavy atom. The van der Waals surface area contributed by atoms with Crippen LogP contribution in [0.15, 0.2) is 23.7 Å². The predicted octanol–water partition coefficient (Wildman–Crippen LogP) is 2.18. The van der Waals surface area contributed by atoms with Gasteiger partial charge in [-0.1, -0.05) is 18.2 Å². The molecule has 1 rings (SSSR count).